The molecule has 182 valence electrons. The third-order valence-corrected chi connectivity index (χ3v) is 6.17. The summed E-state index contributed by atoms with van der Waals surface area (Å²) in [6, 6.07) is 7.53. The van der Waals surface area contributed by atoms with Crippen LogP contribution in [0, 0.1) is 5.82 Å². The first-order valence-electron chi connectivity index (χ1n) is 11.0. The summed E-state index contributed by atoms with van der Waals surface area (Å²) in [4.78, 5) is 29.9. The van der Waals surface area contributed by atoms with Gasteiger partial charge in [0.15, 0.2) is 5.78 Å². The van der Waals surface area contributed by atoms with Crippen molar-refractivity contribution in [2.75, 3.05) is 62.3 Å². The van der Waals surface area contributed by atoms with E-state index in [1.165, 1.54) is 30.0 Å². The number of Topliss-reactive ketones (excluding diaryl/α,β-unsaturated/α-hetero) is 1. The van der Waals surface area contributed by atoms with Crippen LogP contribution < -0.4 is 9.80 Å². The second-order valence-electron chi connectivity index (χ2n) is 8.33. The summed E-state index contributed by atoms with van der Waals surface area (Å²) in [7, 11) is 0. The normalized spacial score (nSPS) is 17.1. The molecule has 2 fully saturated rings. The highest BCUT2D eigenvalue weighted by Crippen LogP contribution is 2.34. The van der Waals surface area contributed by atoms with E-state index in [0.717, 1.165) is 12.1 Å². The lowest BCUT2D eigenvalue weighted by Gasteiger charge is -2.37. The molecule has 2 heterocycles. The number of anilines is 2. The van der Waals surface area contributed by atoms with Crippen molar-refractivity contribution in [2.45, 2.75) is 13.1 Å². The molecular formula is C24H25F4N3O3. The molecule has 2 saturated heterocycles. The molecule has 6 nitrogen and oxygen atoms in total. The van der Waals surface area contributed by atoms with Crippen LogP contribution in [0.2, 0.25) is 0 Å². The van der Waals surface area contributed by atoms with Gasteiger partial charge in [0.1, 0.15) is 5.82 Å². The van der Waals surface area contributed by atoms with E-state index in [1.807, 2.05) is 4.90 Å². The van der Waals surface area contributed by atoms with E-state index >= 15 is 0 Å². The first-order chi connectivity index (χ1) is 16.1. The van der Waals surface area contributed by atoms with Gasteiger partial charge in [-0.05, 0) is 43.3 Å². The summed E-state index contributed by atoms with van der Waals surface area (Å²) in [6.45, 7) is 4.27. The highest BCUT2D eigenvalue weighted by molar-refractivity contribution is 6.00. The minimum atomic E-state index is -4.57. The number of carbonyl (C=O) groups is 2. The molecule has 34 heavy (non-hydrogen) atoms. The first-order valence-corrected chi connectivity index (χ1v) is 11.0. The third-order valence-electron chi connectivity index (χ3n) is 6.17. The van der Waals surface area contributed by atoms with Crippen molar-refractivity contribution in [3.05, 3.63) is 58.9 Å². The van der Waals surface area contributed by atoms with Crippen LogP contribution in [0.4, 0.5) is 28.9 Å². The third kappa shape index (κ3) is 5.01. The summed E-state index contributed by atoms with van der Waals surface area (Å²) in [6.07, 6.45) is -4.57. The van der Waals surface area contributed by atoms with Crippen LogP contribution in [0.15, 0.2) is 36.4 Å². The Hall–Kier alpha value is -3.14. The number of nitrogens with zero attached hydrogens (tertiary/aromatic N) is 3. The number of benzene rings is 2. The Morgan fingerprint density at radius 3 is 2.06 bits per heavy atom. The maximum atomic E-state index is 14.5. The predicted octanol–water partition coefficient (Wildman–Crippen LogP) is 3.85. The molecule has 0 aromatic heterocycles. The van der Waals surface area contributed by atoms with Gasteiger partial charge in [-0.2, -0.15) is 13.2 Å². The van der Waals surface area contributed by atoms with Gasteiger partial charge in [-0.15, -0.1) is 0 Å². The number of ether oxygens (including phenoxy) is 1. The molecule has 1 amide bonds. The molecule has 2 aromatic rings. The smallest absolute Gasteiger partial charge is 0.378 e. The predicted molar refractivity (Wildman–Crippen MR) is 119 cm³/mol. The van der Waals surface area contributed by atoms with Gasteiger partial charge in [0.25, 0.3) is 5.91 Å². The number of hydrogen-bond acceptors (Lipinski definition) is 5. The van der Waals surface area contributed by atoms with Crippen molar-refractivity contribution >= 4 is 23.1 Å². The van der Waals surface area contributed by atoms with Crippen molar-refractivity contribution in [3.63, 3.8) is 0 Å². The molecule has 0 aliphatic carbocycles. The number of rotatable bonds is 4. The maximum Gasteiger partial charge on any atom is 0.416 e. The van der Waals surface area contributed by atoms with Gasteiger partial charge in [0.2, 0.25) is 0 Å². The number of alkyl halides is 3. The fraction of sp³-hybridized carbons (Fsp3) is 0.417. The van der Waals surface area contributed by atoms with Crippen LogP contribution in [-0.4, -0.2) is 69.1 Å². The monoisotopic (exact) mass is 479 g/mol. The van der Waals surface area contributed by atoms with Gasteiger partial charge in [0.05, 0.1) is 30.0 Å². The Kier molecular flexibility index (Phi) is 6.79. The van der Waals surface area contributed by atoms with Crippen molar-refractivity contribution in [3.8, 4) is 0 Å². The molecule has 0 bridgehead atoms. The number of halogens is 4. The Labute approximate surface area is 194 Å². The van der Waals surface area contributed by atoms with E-state index < -0.39 is 23.5 Å². The van der Waals surface area contributed by atoms with Crippen molar-refractivity contribution in [1.82, 2.24) is 4.90 Å². The minimum absolute atomic E-state index is 0.00201. The van der Waals surface area contributed by atoms with Crippen LogP contribution in [0.5, 0.6) is 0 Å². The van der Waals surface area contributed by atoms with Gasteiger partial charge in [-0.1, -0.05) is 0 Å². The Morgan fingerprint density at radius 1 is 0.853 bits per heavy atom. The second kappa shape index (κ2) is 9.61. The molecule has 10 heteroatoms. The zero-order valence-electron chi connectivity index (χ0n) is 18.7. The molecule has 0 N–H and O–H groups in total. The summed E-state index contributed by atoms with van der Waals surface area (Å²) < 4.78 is 60.0. The standard InChI is InChI=1S/C24H25F4N3O3/c1-16(32)17-2-4-22(20(25)14-17)29-6-8-31(9-7-29)23(33)19-15-18(24(26,27)28)3-5-21(19)30-10-12-34-13-11-30/h2-5,14-15H,6-13H2,1H3. The molecule has 0 unspecified atom stereocenters. The van der Waals surface area contributed by atoms with Gasteiger partial charge in [-0.3, -0.25) is 9.59 Å². The first kappa shape index (κ1) is 24.0. The Balaban J connectivity index is 1.53. The average Bonchev–Trinajstić information content (AvgIpc) is 2.83. The summed E-state index contributed by atoms with van der Waals surface area (Å²) in [5.74, 6) is -1.25. The summed E-state index contributed by atoms with van der Waals surface area (Å²) >= 11 is 0. The van der Waals surface area contributed by atoms with E-state index in [0.29, 0.717) is 50.8 Å². The Morgan fingerprint density at radius 2 is 1.47 bits per heavy atom. The van der Waals surface area contributed by atoms with Crippen LogP contribution in [0.1, 0.15) is 33.2 Å². The van der Waals surface area contributed by atoms with Crippen LogP contribution in [-0.2, 0) is 10.9 Å². The fourth-order valence-electron chi connectivity index (χ4n) is 4.27. The molecule has 2 aromatic carbocycles. The molecule has 2 aliphatic heterocycles. The van der Waals surface area contributed by atoms with Crippen LogP contribution in [0.3, 0.4) is 0 Å². The van der Waals surface area contributed by atoms with Crippen LogP contribution >= 0.6 is 0 Å². The van der Waals surface area contributed by atoms with E-state index in [1.54, 1.807) is 11.0 Å². The highest BCUT2D eigenvalue weighted by atomic mass is 19.4. The van der Waals surface area contributed by atoms with E-state index in [4.69, 9.17) is 4.74 Å². The van der Waals surface area contributed by atoms with E-state index in [2.05, 4.69) is 0 Å². The van der Waals surface area contributed by atoms with Gasteiger partial charge < -0.3 is 19.4 Å². The van der Waals surface area contributed by atoms with Crippen molar-refractivity contribution in [1.29, 1.82) is 0 Å². The molecule has 0 saturated carbocycles. The quantitative estimate of drug-likeness (QED) is 0.493. The van der Waals surface area contributed by atoms with Gasteiger partial charge >= 0.3 is 6.18 Å². The minimum Gasteiger partial charge on any atom is -0.378 e. The Bertz CT molecular complexity index is 1080. The molecule has 4 rings (SSSR count). The lowest BCUT2D eigenvalue weighted by molar-refractivity contribution is -0.137. The molecule has 0 radical (unpaired) electrons. The largest absolute Gasteiger partial charge is 0.416 e. The average molecular weight is 479 g/mol. The topological polar surface area (TPSA) is 53.1 Å². The maximum absolute atomic E-state index is 14.5. The zero-order valence-corrected chi connectivity index (χ0v) is 18.7. The van der Waals surface area contributed by atoms with Crippen molar-refractivity contribution in [2.24, 2.45) is 0 Å². The number of piperazine rings is 1. The number of hydrogen-bond donors (Lipinski definition) is 0. The molecule has 0 spiro atoms. The number of amides is 1. The lowest BCUT2D eigenvalue weighted by atomic mass is 10.0. The van der Waals surface area contributed by atoms with Crippen LogP contribution in [0.25, 0.3) is 0 Å². The lowest BCUT2D eigenvalue weighted by Crippen LogP contribution is -2.49. The SMILES string of the molecule is CC(=O)c1ccc(N2CCN(C(=O)c3cc(C(F)(F)F)ccc3N3CCOCC3)CC2)c(F)c1. The molecule has 2 aliphatic rings. The van der Waals surface area contributed by atoms with Gasteiger partial charge in [-0.25, -0.2) is 4.39 Å². The summed E-state index contributed by atoms with van der Waals surface area (Å²) in [5, 5.41) is 0. The number of morpholine rings is 1. The highest BCUT2D eigenvalue weighted by Gasteiger charge is 2.34. The second-order valence-corrected chi connectivity index (χ2v) is 8.33. The van der Waals surface area contributed by atoms with Gasteiger partial charge in [0, 0.05) is 50.5 Å². The summed E-state index contributed by atoms with van der Waals surface area (Å²) in [5.41, 5.74) is 0.177. The fourth-order valence-corrected chi connectivity index (χ4v) is 4.27. The molecule has 0 atom stereocenters. The number of ketones is 1. The van der Waals surface area contributed by atoms with Crippen molar-refractivity contribution < 1.29 is 31.9 Å². The molecular weight excluding hydrogens is 454 g/mol. The van der Waals surface area contributed by atoms with E-state index in [9.17, 15) is 27.2 Å². The number of carbonyl (C=O) groups excluding carboxylic acids is 2. The van der Waals surface area contributed by atoms with E-state index in [-0.39, 0.29) is 30.0 Å². The zero-order chi connectivity index (χ0) is 24.5.